The molecule has 136 valence electrons. The van der Waals surface area contributed by atoms with Gasteiger partial charge in [-0.3, -0.25) is 14.9 Å². The van der Waals surface area contributed by atoms with Crippen molar-refractivity contribution in [1.82, 2.24) is 0 Å². The van der Waals surface area contributed by atoms with Crippen LogP contribution in [0.1, 0.15) is 17.3 Å². The predicted molar refractivity (Wildman–Crippen MR) is 94.6 cm³/mol. The summed E-state index contributed by atoms with van der Waals surface area (Å²) in [5, 5.41) is 13.5. The molecule has 0 radical (unpaired) electrons. The zero-order valence-corrected chi connectivity index (χ0v) is 14.6. The lowest BCUT2D eigenvalue weighted by molar-refractivity contribution is -0.384. The molecule has 26 heavy (non-hydrogen) atoms. The van der Waals surface area contributed by atoms with Crippen LogP contribution in [0.15, 0.2) is 42.5 Å². The Morgan fingerprint density at radius 2 is 1.92 bits per heavy atom. The van der Waals surface area contributed by atoms with Gasteiger partial charge in [-0.25, -0.2) is 4.79 Å². The smallest absolute Gasteiger partial charge is 0.340 e. The molecule has 8 nitrogen and oxygen atoms in total. The molecule has 9 heteroatoms. The molecule has 0 aliphatic heterocycles. The third-order valence-electron chi connectivity index (χ3n) is 3.40. The van der Waals surface area contributed by atoms with E-state index in [1.54, 1.807) is 12.1 Å². The van der Waals surface area contributed by atoms with Gasteiger partial charge in [-0.1, -0.05) is 23.7 Å². The Labute approximate surface area is 153 Å². The highest BCUT2D eigenvalue weighted by Crippen LogP contribution is 2.29. The molecule has 0 unspecified atom stereocenters. The minimum Gasteiger partial charge on any atom is -0.495 e. The molecule has 0 bridgehead atoms. The molecule has 1 atom stereocenters. The zero-order valence-electron chi connectivity index (χ0n) is 13.9. The number of rotatable bonds is 6. The molecule has 2 aromatic rings. The number of ether oxygens (including phenoxy) is 2. The second-order valence-electron chi connectivity index (χ2n) is 5.16. The van der Waals surface area contributed by atoms with Gasteiger partial charge in [0.1, 0.15) is 5.75 Å². The first-order chi connectivity index (χ1) is 12.3. The molecule has 0 aromatic heterocycles. The third kappa shape index (κ3) is 4.48. The molecule has 0 spiro atoms. The average molecular weight is 379 g/mol. The maximum Gasteiger partial charge on any atom is 0.340 e. The number of hydrogen-bond acceptors (Lipinski definition) is 6. The second-order valence-corrected chi connectivity index (χ2v) is 5.57. The minimum absolute atomic E-state index is 0.0901. The Hall–Kier alpha value is -3.13. The highest BCUT2D eigenvalue weighted by Gasteiger charge is 2.22. The number of nitro groups is 1. The van der Waals surface area contributed by atoms with Gasteiger partial charge in [0.25, 0.3) is 11.6 Å². The fourth-order valence-corrected chi connectivity index (χ4v) is 2.26. The van der Waals surface area contributed by atoms with E-state index in [0.717, 1.165) is 6.07 Å². The monoisotopic (exact) mass is 378 g/mol. The summed E-state index contributed by atoms with van der Waals surface area (Å²) in [4.78, 5) is 34.6. The largest absolute Gasteiger partial charge is 0.495 e. The van der Waals surface area contributed by atoms with Gasteiger partial charge in [-0.15, -0.1) is 0 Å². The summed E-state index contributed by atoms with van der Waals surface area (Å²) in [6.07, 6.45) is -1.16. The summed E-state index contributed by atoms with van der Waals surface area (Å²) in [5.74, 6) is -1.21. The number of anilines is 1. The molecule has 0 heterocycles. The second kappa shape index (κ2) is 8.30. The molecule has 0 saturated carbocycles. The Kier molecular flexibility index (Phi) is 6.13. The summed E-state index contributed by atoms with van der Waals surface area (Å²) in [5.41, 5.74) is -0.00379. The number of halogens is 1. The van der Waals surface area contributed by atoms with E-state index in [4.69, 9.17) is 21.1 Å². The number of hydrogen-bond donors (Lipinski definition) is 1. The summed E-state index contributed by atoms with van der Waals surface area (Å²) in [6.45, 7) is 1.37. The van der Waals surface area contributed by atoms with Crippen LogP contribution in [0.25, 0.3) is 0 Å². The van der Waals surface area contributed by atoms with Gasteiger partial charge in [0.05, 0.1) is 28.3 Å². The molecule has 0 aliphatic rings. The lowest BCUT2D eigenvalue weighted by atomic mass is 10.2. The number of esters is 1. The van der Waals surface area contributed by atoms with E-state index in [2.05, 4.69) is 5.32 Å². The molecule has 0 aliphatic carbocycles. The minimum atomic E-state index is -1.16. The van der Waals surface area contributed by atoms with Crippen LogP contribution in [-0.4, -0.2) is 30.0 Å². The number of nitrogens with one attached hydrogen (secondary N) is 1. The Bertz CT molecular complexity index is 855. The Morgan fingerprint density at radius 3 is 2.54 bits per heavy atom. The zero-order chi connectivity index (χ0) is 19.3. The van der Waals surface area contributed by atoms with Crippen LogP contribution in [0.2, 0.25) is 5.02 Å². The number of nitro benzene ring substituents is 1. The SMILES string of the molecule is COc1ccc([N+](=O)[O-])cc1NC(=O)[C@H](C)OC(=O)c1ccccc1Cl. The fraction of sp³-hybridized carbons (Fsp3) is 0.176. The molecule has 1 N–H and O–H groups in total. The van der Waals surface area contributed by atoms with Crippen LogP contribution in [0.3, 0.4) is 0 Å². The van der Waals surface area contributed by atoms with E-state index in [1.807, 2.05) is 0 Å². The van der Waals surface area contributed by atoms with Crippen LogP contribution in [0.5, 0.6) is 5.75 Å². The van der Waals surface area contributed by atoms with Crippen LogP contribution < -0.4 is 10.1 Å². The van der Waals surface area contributed by atoms with Gasteiger partial charge in [0.2, 0.25) is 0 Å². The van der Waals surface area contributed by atoms with E-state index in [-0.39, 0.29) is 27.7 Å². The molecule has 1 amide bonds. The first kappa shape index (κ1) is 19.2. The van der Waals surface area contributed by atoms with Crippen LogP contribution in [0, 0.1) is 10.1 Å². The van der Waals surface area contributed by atoms with Crippen molar-refractivity contribution in [2.75, 3.05) is 12.4 Å². The predicted octanol–water partition coefficient (Wildman–Crippen LogP) is 3.44. The lowest BCUT2D eigenvalue weighted by Crippen LogP contribution is -2.30. The van der Waals surface area contributed by atoms with Crippen molar-refractivity contribution in [3.05, 3.63) is 63.2 Å². The van der Waals surface area contributed by atoms with Crippen LogP contribution in [0.4, 0.5) is 11.4 Å². The van der Waals surface area contributed by atoms with Gasteiger partial charge in [-0.05, 0) is 25.1 Å². The number of amides is 1. The van der Waals surface area contributed by atoms with Gasteiger partial charge >= 0.3 is 5.97 Å². The summed E-state index contributed by atoms with van der Waals surface area (Å²) < 4.78 is 10.2. The van der Waals surface area contributed by atoms with Gasteiger partial charge in [0.15, 0.2) is 6.10 Å². The normalized spacial score (nSPS) is 11.3. The van der Waals surface area contributed by atoms with Gasteiger partial charge < -0.3 is 14.8 Å². The number of nitrogens with zero attached hydrogens (tertiary/aromatic N) is 1. The number of methoxy groups -OCH3 is 1. The van der Waals surface area contributed by atoms with Crippen molar-refractivity contribution in [2.24, 2.45) is 0 Å². The number of non-ortho nitro benzene ring substituents is 1. The van der Waals surface area contributed by atoms with Gasteiger partial charge in [-0.2, -0.15) is 0 Å². The van der Waals surface area contributed by atoms with Crippen molar-refractivity contribution in [2.45, 2.75) is 13.0 Å². The number of carbonyl (C=O) groups is 2. The molecule has 2 rings (SSSR count). The average Bonchev–Trinajstić information content (AvgIpc) is 2.61. The van der Waals surface area contributed by atoms with E-state index < -0.39 is 22.9 Å². The lowest BCUT2D eigenvalue weighted by Gasteiger charge is -2.15. The third-order valence-corrected chi connectivity index (χ3v) is 3.73. The van der Waals surface area contributed by atoms with Crippen LogP contribution in [-0.2, 0) is 9.53 Å². The van der Waals surface area contributed by atoms with E-state index in [1.165, 1.54) is 38.3 Å². The maximum atomic E-state index is 12.3. The van der Waals surface area contributed by atoms with Crippen molar-refractivity contribution in [1.29, 1.82) is 0 Å². The summed E-state index contributed by atoms with van der Waals surface area (Å²) in [7, 11) is 1.36. The first-order valence-electron chi connectivity index (χ1n) is 7.42. The van der Waals surface area contributed by atoms with E-state index >= 15 is 0 Å². The molecule has 2 aromatic carbocycles. The Balaban J connectivity index is 2.12. The van der Waals surface area contributed by atoms with Crippen molar-refractivity contribution in [3.63, 3.8) is 0 Å². The highest BCUT2D eigenvalue weighted by atomic mass is 35.5. The Morgan fingerprint density at radius 1 is 1.23 bits per heavy atom. The topological polar surface area (TPSA) is 108 Å². The summed E-state index contributed by atoms with van der Waals surface area (Å²) in [6, 6.07) is 10.0. The van der Waals surface area contributed by atoms with Crippen molar-refractivity contribution < 1.29 is 24.0 Å². The fourth-order valence-electron chi connectivity index (χ4n) is 2.05. The van der Waals surface area contributed by atoms with Crippen molar-refractivity contribution >= 4 is 34.9 Å². The standard InChI is InChI=1S/C17H15ClN2O6/c1-10(26-17(22)12-5-3-4-6-13(12)18)16(21)19-14-9-11(20(23)24)7-8-15(14)25-2/h3-10H,1-2H3,(H,19,21)/t10-/m0/s1. The van der Waals surface area contributed by atoms with E-state index in [9.17, 15) is 19.7 Å². The summed E-state index contributed by atoms with van der Waals surface area (Å²) >= 11 is 5.92. The highest BCUT2D eigenvalue weighted by molar-refractivity contribution is 6.33. The quantitative estimate of drug-likeness (QED) is 0.468. The molecule has 0 fully saturated rings. The first-order valence-corrected chi connectivity index (χ1v) is 7.80. The number of benzene rings is 2. The number of carbonyl (C=O) groups excluding carboxylic acids is 2. The maximum absolute atomic E-state index is 12.3. The van der Waals surface area contributed by atoms with Crippen molar-refractivity contribution in [3.8, 4) is 5.75 Å². The van der Waals surface area contributed by atoms with Crippen LogP contribution >= 0.6 is 11.6 Å². The molecular weight excluding hydrogens is 364 g/mol. The molecular formula is C17H15ClN2O6. The van der Waals surface area contributed by atoms with Gasteiger partial charge in [0, 0.05) is 12.1 Å². The molecule has 0 saturated heterocycles. The van der Waals surface area contributed by atoms with E-state index in [0.29, 0.717) is 0 Å².